The van der Waals surface area contributed by atoms with Gasteiger partial charge in [-0.1, -0.05) is 0 Å². The van der Waals surface area contributed by atoms with E-state index in [0.29, 0.717) is 18.7 Å². The van der Waals surface area contributed by atoms with Gasteiger partial charge in [-0.15, -0.1) is 0 Å². The fourth-order valence-electron chi connectivity index (χ4n) is 1.34. The van der Waals surface area contributed by atoms with Gasteiger partial charge in [-0.2, -0.15) is 0 Å². The van der Waals surface area contributed by atoms with Crippen LogP contribution in [0.1, 0.15) is 17.8 Å². The lowest BCUT2D eigenvalue weighted by Crippen LogP contribution is -2.18. The Morgan fingerprint density at radius 3 is 2.81 bits per heavy atom. The molecule has 0 bridgehead atoms. The largest absolute Gasteiger partial charge is 0.359 e. The smallest absolute Gasteiger partial charge is 0.220 e. The molecule has 1 amide bonds. The first-order chi connectivity index (χ1) is 7.67. The Morgan fingerprint density at radius 1 is 1.44 bits per heavy atom. The van der Waals surface area contributed by atoms with Crippen molar-refractivity contribution in [3.63, 3.8) is 0 Å². The molecule has 2 N–H and O–H groups in total. The molecule has 0 saturated carbocycles. The van der Waals surface area contributed by atoms with Crippen LogP contribution in [0.2, 0.25) is 0 Å². The molecule has 0 aromatic carbocycles. The molecule has 0 radical (unpaired) electrons. The average Bonchev–Trinajstić information content (AvgIpc) is 2.29. The van der Waals surface area contributed by atoms with Gasteiger partial charge in [0.25, 0.3) is 0 Å². The summed E-state index contributed by atoms with van der Waals surface area (Å²) in [5, 5.41) is 5.44. The van der Waals surface area contributed by atoms with E-state index in [4.69, 9.17) is 0 Å². The van der Waals surface area contributed by atoms with Gasteiger partial charge in [-0.05, 0) is 19.2 Å². The predicted molar refractivity (Wildman–Crippen MR) is 59.3 cm³/mol. The summed E-state index contributed by atoms with van der Waals surface area (Å²) >= 11 is 0. The zero-order valence-corrected chi connectivity index (χ0v) is 9.51. The second-order valence-electron chi connectivity index (χ2n) is 3.43. The fraction of sp³-hybridized carbons (Fsp3) is 0.455. The van der Waals surface area contributed by atoms with E-state index >= 15 is 0 Å². The summed E-state index contributed by atoms with van der Waals surface area (Å²) in [6.45, 7) is 0.591. The summed E-state index contributed by atoms with van der Waals surface area (Å²) in [5.74, 6) is -0.469. The number of nitrogens with zero attached hydrogens (tertiary/aromatic N) is 1. The quantitative estimate of drug-likeness (QED) is 0.772. The van der Waals surface area contributed by atoms with Crippen LogP contribution in [0.15, 0.2) is 12.1 Å². The van der Waals surface area contributed by atoms with Crippen LogP contribution in [0.3, 0.4) is 0 Å². The molecule has 0 aliphatic rings. The van der Waals surface area contributed by atoms with Crippen molar-refractivity contribution in [2.75, 3.05) is 14.1 Å². The van der Waals surface area contributed by atoms with Gasteiger partial charge in [-0.25, -0.2) is 4.39 Å². The number of carbonyl (C=O) groups is 1. The molecule has 4 nitrogen and oxygen atoms in total. The van der Waals surface area contributed by atoms with Gasteiger partial charge >= 0.3 is 0 Å². The number of amides is 1. The van der Waals surface area contributed by atoms with E-state index in [-0.39, 0.29) is 18.1 Å². The molecule has 0 unspecified atom stereocenters. The van der Waals surface area contributed by atoms with Crippen LogP contribution in [0, 0.1) is 5.82 Å². The molecule has 88 valence electrons. The number of halogens is 1. The summed E-state index contributed by atoms with van der Waals surface area (Å²) in [6, 6.07) is 3.02. The van der Waals surface area contributed by atoms with Crippen molar-refractivity contribution in [1.82, 2.24) is 15.6 Å². The maximum atomic E-state index is 13.3. The van der Waals surface area contributed by atoms with Crippen LogP contribution in [0.25, 0.3) is 0 Å². The third-order valence-electron chi connectivity index (χ3n) is 2.20. The third kappa shape index (κ3) is 3.58. The van der Waals surface area contributed by atoms with Gasteiger partial charge in [0.2, 0.25) is 5.91 Å². The SMILES string of the molecule is CNCc1ccc(F)c(CCC(=O)NC)n1. The van der Waals surface area contributed by atoms with E-state index in [2.05, 4.69) is 15.6 Å². The van der Waals surface area contributed by atoms with Crippen LogP contribution < -0.4 is 10.6 Å². The molecular formula is C11H16FN3O. The summed E-state index contributed by atoms with van der Waals surface area (Å²) in [4.78, 5) is 15.2. The highest BCUT2D eigenvalue weighted by Gasteiger charge is 2.07. The van der Waals surface area contributed by atoms with Crippen molar-refractivity contribution >= 4 is 5.91 Å². The maximum Gasteiger partial charge on any atom is 0.220 e. The minimum Gasteiger partial charge on any atom is -0.359 e. The molecule has 0 atom stereocenters. The van der Waals surface area contributed by atoms with E-state index in [9.17, 15) is 9.18 Å². The fourth-order valence-corrected chi connectivity index (χ4v) is 1.34. The second kappa shape index (κ2) is 6.17. The molecule has 0 aliphatic heterocycles. The van der Waals surface area contributed by atoms with Gasteiger partial charge in [0.05, 0.1) is 11.4 Å². The van der Waals surface area contributed by atoms with Crippen molar-refractivity contribution in [2.45, 2.75) is 19.4 Å². The lowest BCUT2D eigenvalue weighted by molar-refractivity contribution is -0.120. The highest BCUT2D eigenvalue weighted by atomic mass is 19.1. The van der Waals surface area contributed by atoms with Gasteiger partial charge < -0.3 is 10.6 Å². The molecule has 16 heavy (non-hydrogen) atoms. The standard InChI is InChI=1S/C11H16FN3O/c1-13-7-8-3-4-9(12)10(15-8)5-6-11(16)14-2/h3-4,13H,5-7H2,1-2H3,(H,14,16). The van der Waals surface area contributed by atoms with Crippen LogP contribution in [0.4, 0.5) is 4.39 Å². The lowest BCUT2D eigenvalue weighted by Gasteiger charge is -2.05. The average molecular weight is 225 g/mol. The van der Waals surface area contributed by atoms with E-state index < -0.39 is 0 Å². The summed E-state index contributed by atoms with van der Waals surface area (Å²) < 4.78 is 13.3. The number of pyridine rings is 1. The van der Waals surface area contributed by atoms with Gasteiger partial charge in [0.15, 0.2) is 0 Å². The minimum absolute atomic E-state index is 0.111. The number of rotatable bonds is 5. The first-order valence-corrected chi connectivity index (χ1v) is 5.17. The number of hydrogen-bond donors (Lipinski definition) is 2. The van der Waals surface area contributed by atoms with Crippen molar-refractivity contribution in [3.8, 4) is 0 Å². The number of nitrogens with one attached hydrogen (secondary N) is 2. The number of aryl methyl sites for hydroxylation is 1. The molecule has 1 heterocycles. The first kappa shape index (κ1) is 12.6. The molecule has 1 aromatic rings. The Morgan fingerprint density at radius 2 is 2.19 bits per heavy atom. The van der Waals surface area contributed by atoms with E-state index in [1.807, 2.05) is 0 Å². The van der Waals surface area contributed by atoms with Crippen molar-refractivity contribution in [1.29, 1.82) is 0 Å². The second-order valence-corrected chi connectivity index (χ2v) is 3.43. The highest BCUT2D eigenvalue weighted by molar-refractivity contribution is 5.75. The number of carbonyl (C=O) groups excluding carboxylic acids is 1. The molecule has 1 aromatic heterocycles. The Labute approximate surface area is 94.3 Å². The van der Waals surface area contributed by atoms with E-state index in [1.165, 1.54) is 6.07 Å². The Bertz CT molecular complexity index is 368. The van der Waals surface area contributed by atoms with Crippen molar-refractivity contribution in [2.24, 2.45) is 0 Å². The third-order valence-corrected chi connectivity index (χ3v) is 2.20. The highest BCUT2D eigenvalue weighted by Crippen LogP contribution is 2.08. The monoisotopic (exact) mass is 225 g/mol. The van der Waals surface area contributed by atoms with Gasteiger partial charge in [0.1, 0.15) is 5.82 Å². The van der Waals surface area contributed by atoms with Crippen LogP contribution in [-0.4, -0.2) is 25.0 Å². The van der Waals surface area contributed by atoms with E-state index in [0.717, 1.165) is 5.69 Å². The summed E-state index contributed by atoms with van der Waals surface area (Å²) in [5.41, 5.74) is 1.12. The van der Waals surface area contributed by atoms with Crippen LogP contribution in [-0.2, 0) is 17.8 Å². The maximum absolute atomic E-state index is 13.3. The molecule has 5 heteroatoms. The molecule has 0 fully saturated rings. The minimum atomic E-state index is -0.358. The van der Waals surface area contributed by atoms with Crippen LogP contribution in [0.5, 0.6) is 0 Å². The zero-order valence-electron chi connectivity index (χ0n) is 9.51. The molecule has 0 saturated heterocycles. The molecular weight excluding hydrogens is 209 g/mol. The number of hydrogen-bond acceptors (Lipinski definition) is 3. The predicted octanol–water partition coefficient (Wildman–Crippen LogP) is 0.619. The van der Waals surface area contributed by atoms with Crippen LogP contribution >= 0.6 is 0 Å². The topological polar surface area (TPSA) is 54.0 Å². The molecule has 1 rings (SSSR count). The van der Waals surface area contributed by atoms with E-state index in [1.54, 1.807) is 20.2 Å². The number of aromatic nitrogens is 1. The summed E-state index contributed by atoms with van der Waals surface area (Å²) in [6.07, 6.45) is 0.576. The first-order valence-electron chi connectivity index (χ1n) is 5.17. The van der Waals surface area contributed by atoms with Gasteiger partial charge in [-0.3, -0.25) is 9.78 Å². The Hall–Kier alpha value is -1.49. The molecule has 0 aliphatic carbocycles. The van der Waals surface area contributed by atoms with Gasteiger partial charge in [0, 0.05) is 26.4 Å². The lowest BCUT2D eigenvalue weighted by atomic mass is 10.2. The molecule has 0 spiro atoms. The zero-order chi connectivity index (χ0) is 12.0. The van der Waals surface area contributed by atoms with Crippen molar-refractivity contribution in [3.05, 3.63) is 29.3 Å². The Kier molecular flexibility index (Phi) is 4.85. The summed E-state index contributed by atoms with van der Waals surface area (Å²) in [7, 11) is 3.36. The van der Waals surface area contributed by atoms with Crippen molar-refractivity contribution < 1.29 is 9.18 Å². The Balaban J connectivity index is 2.70. The normalized spacial score (nSPS) is 10.2.